The molecule has 0 aliphatic heterocycles. The summed E-state index contributed by atoms with van der Waals surface area (Å²) < 4.78 is 0. The Hall–Kier alpha value is -0.154. The minimum Gasteiger partial charge on any atom is -0.542 e. The third-order valence-electron chi connectivity index (χ3n) is 3.33. The zero-order valence-corrected chi connectivity index (χ0v) is 35.9. The maximum atomic E-state index is 9.83. The smallest absolute Gasteiger partial charge is 0.542 e. The van der Waals surface area contributed by atoms with E-state index in [4.69, 9.17) is 22.9 Å². The van der Waals surface area contributed by atoms with E-state index in [1.54, 1.807) is 0 Å². The molecule has 9 N–H and O–H groups in total. The van der Waals surface area contributed by atoms with Crippen LogP contribution >= 0.6 is 0 Å². The maximum Gasteiger partial charge on any atom is 3.00 e. The van der Waals surface area contributed by atoms with E-state index in [0.717, 1.165) is 6.42 Å². The first kappa shape index (κ1) is 49.8. The minimum atomic E-state index is -0.275. The zero-order chi connectivity index (χ0) is 27.6. The summed E-state index contributed by atoms with van der Waals surface area (Å²) in [4.78, 5) is 43.2. The second-order valence-corrected chi connectivity index (χ2v) is 10.5. The van der Waals surface area contributed by atoms with Crippen LogP contribution in [0.5, 0.6) is 0 Å². The fraction of sp³-hybridized carbons (Fsp3) is 0.682. The molecule has 0 saturated heterocycles. The average Bonchev–Trinajstić information content (AvgIpc) is 2.60. The van der Waals surface area contributed by atoms with Crippen LogP contribution in [0.3, 0.4) is 0 Å². The number of rotatable bonds is 5. The summed E-state index contributed by atoms with van der Waals surface area (Å²) in [6.45, 7) is 18.6. The van der Waals surface area contributed by atoms with Gasteiger partial charge in [-0.3, -0.25) is 16.3 Å². The standard InChI is InChI=1S/C9H18N5O.C7H13N4O.C6H11O.3U/c1-9(2,3)4-5-12-7(10)14-8(11)13-6-15;1-7(2,3)5(8)11-6(9)10-4-12;1-6(2,3)4-5-7;;;/h4-5H2,1-3H3,(H5,10,11,12,13,14,15);1-3H3,(H4,8,9,10,11,12);4H2,1-3H3;;;/q3*-1;;;+3. The Balaban J connectivity index is -0.0000000989. The van der Waals surface area contributed by atoms with Crippen LogP contribution in [-0.4, -0.2) is 49.4 Å². The first-order valence-electron chi connectivity index (χ1n) is 10.5. The van der Waals surface area contributed by atoms with Crippen molar-refractivity contribution in [3.8, 4) is 0 Å². The van der Waals surface area contributed by atoms with Crippen LogP contribution in [0.25, 0.3) is 0 Å². The molecule has 37 heavy (non-hydrogen) atoms. The molecule has 0 aliphatic carbocycles. The first-order valence-corrected chi connectivity index (χ1v) is 10.5. The number of hydrogen-bond donors (Lipinski definition) is 5. The van der Waals surface area contributed by atoms with E-state index >= 15 is 0 Å². The number of aliphatic imine (C=N–C) groups is 4. The molecule has 0 aliphatic rings. The summed E-state index contributed by atoms with van der Waals surface area (Å²) in [5, 5.41) is 2.46. The molecule has 0 heterocycles. The van der Waals surface area contributed by atoms with Crippen molar-refractivity contribution >= 4 is 42.8 Å². The molecule has 1 radical (unpaired) electrons. The van der Waals surface area contributed by atoms with Gasteiger partial charge in [-0.2, -0.15) is 0 Å². The van der Waals surface area contributed by atoms with Crippen LogP contribution in [0, 0.1) is 110 Å². The normalized spacial score (nSPS) is 12.5. The van der Waals surface area contributed by atoms with Crippen molar-refractivity contribution in [1.29, 1.82) is 0 Å². The van der Waals surface area contributed by atoms with Crippen LogP contribution < -0.4 is 28.3 Å². The molecule has 0 saturated carbocycles. The molecule has 0 bridgehead atoms. The topological polar surface area (TPSA) is 217 Å². The molecule has 0 unspecified atom stereocenters. The predicted molar refractivity (Wildman–Crippen MR) is 139 cm³/mol. The van der Waals surface area contributed by atoms with E-state index in [0.29, 0.717) is 18.8 Å². The molecule has 0 atom stereocenters. The molecule has 0 aromatic heterocycles. The van der Waals surface area contributed by atoms with Gasteiger partial charge in [-0.25, -0.2) is 0 Å². The van der Waals surface area contributed by atoms with E-state index in [2.05, 4.69) is 46.1 Å². The Kier molecular flexibility index (Phi) is 35.1. The van der Waals surface area contributed by atoms with Gasteiger partial charge in [0.25, 0.3) is 0 Å². The van der Waals surface area contributed by atoms with Gasteiger partial charge in [-0.15, -0.1) is 6.42 Å². The third kappa shape index (κ3) is 43.2. The molecule has 15 heteroatoms. The van der Waals surface area contributed by atoms with Gasteiger partial charge in [0, 0.05) is 80.1 Å². The second-order valence-electron chi connectivity index (χ2n) is 10.5. The van der Waals surface area contributed by atoms with Gasteiger partial charge in [0.15, 0.2) is 5.96 Å². The van der Waals surface area contributed by atoms with E-state index in [1.165, 1.54) is 12.8 Å². The third-order valence-corrected chi connectivity index (χ3v) is 3.33. The number of guanidine groups is 3. The summed E-state index contributed by atoms with van der Waals surface area (Å²) >= 11 is 0. The molecule has 0 aromatic rings. The monoisotopic (exact) mass is 1190 g/mol. The Bertz CT molecular complexity index is 751. The number of hydrogen-bond acceptors (Lipinski definition) is 4. The fourth-order valence-corrected chi connectivity index (χ4v) is 1.34. The van der Waals surface area contributed by atoms with Crippen LogP contribution in [0.1, 0.15) is 75.2 Å². The zero-order valence-electron chi connectivity index (χ0n) is 23.4. The van der Waals surface area contributed by atoms with Gasteiger partial charge >= 0.3 is 31.1 Å². The van der Waals surface area contributed by atoms with Crippen LogP contribution in [0.4, 0.5) is 0 Å². The predicted octanol–water partition coefficient (Wildman–Crippen LogP) is 1.01. The molecule has 2 amide bonds. The van der Waals surface area contributed by atoms with Crippen molar-refractivity contribution in [2.45, 2.75) is 75.2 Å². The van der Waals surface area contributed by atoms with Gasteiger partial charge < -0.3 is 52.6 Å². The van der Waals surface area contributed by atoms with Crippen molar-refractivity contribution in [3.05, 3.63) is 0 Å². The van der Waals surface area contributed by atoms with Gasteiger partial charge in [0.1, 0.15) is 0 Å². The van der Waals surface area contributed by atoms with Gasteiger partial charge in [0.2, 0.25) is 0 Å². The first-order chi connectivity index (χ1) is 15.3. The van der Waals surface area contributed by atoms with Crippen LogP contribution in [-0.2, 0) is 14.4 Å². The summed E-state index contributed by atoms with van der Waals surface area (Å²) in [6.07, 6.45) is 5.87. The molecule has 0 spiro atoms. The van der Waals surface area contributed by atoms with Crippen LogP contribution in [0.15, 0.2) is 20.0 Å². The Labute approximate surface area is 293 Å². The molecular formula is C22H42N9O3U3. The number of amidine groups is 1. The molecule has 205 valence electrons. The summed E-state index contributed by atoms with van der Waals surface area (Å²) in [6, 6.07) is 0. The van der Waals surface area contributed by atoms with Crippen molar-refractivity contribution in [3.63, 3.8) is 0 Å². The van der Waals surface area contributed by atoms with Crippen molar-refractivity contribution in [1.82, 2.24) is 5.32 Å². The van der Waals surface area contributed by atoms with E-state index < -0.39 is 0 Å². The van der Waals surface area contributed by atoms with E-state index in [1.807, 2.05) is 47.8 Å². The van der Waals surface area contributed by atoms with Gasteiger partial charge in [-0.05, 0) is 11.8 Å². The molecule has 12 nitrogen and oxygen atoms in total. The SMILES string of the molecule is CC(C)(C)C(N)=NC(N)=N[C-]=O.CC(C)(C)CCN=C(N)NC(N)=N[C-]=O.CC(C)(C)C[C-]=O.[U+3].[U].[U]. The number of amides is 2. The Morgan fingerprint density at radius 2 is 1.22 bits per heavy atom. The number of nitrogens with zero attached hydrogens (tertiary/aromatic N) is 4. The fourth-order valence-electron chi connectivity index (χ4n) is 1.34. The van der Waals surface area contributed by atoms with Crippen molar-refractivity contribution < 1.29 is 108 Å². The van der Waals surface area contributed by atoms with Crippen molar-refractivity contribution in [2.24, 2.45) is 59.1 Å². The van der Waals surface area contributed by atoms with Gasteiger partial charge in [-0.1, -0.05) is 67.7 Å². The Morgan fingerprint density at radius 3 is 1.51 bits per heavy atom. The Morgan fingerprint density at radius 1 is 0.757 bits per heavy atom. The number of carbonyl (C=O) groups excluding carboxylic acids is 3. The van der Waals surface area contributed by atoms with Crippen molar-refractivity contribution in [2.75, 3.05) is 6.54 Å². The summed E-state index contributed by atoms with van der Waals surface area (Å²) in [5.74, 6) is 0.203. The number of nitrogens with one attached hydrogen (secondary N) is 1. The second kappa shape index (κ2) is 26.1. The quantitative estimate of drug-likeness (QED) is 0.152. The average molecular weight is 1190 g/mol. The molecule has 0 rings (SSSR count). The molecule has 0 aromatic carbocycles. The number of nitrogens with two attached hydrogens (primary N) is 4. The van der Waals surface area contributed by atoms with E-state index in [9.17, 15) is 14.4 Å². The molecular weight excluding hydrogens is 1150 g/mol. The summed E-state index contributed by atoms with van der Waals surface area (Å²) in [5.41, 5.74) is 21.5. The van der Waals surface area contributed by atoms with Crippen LogP contribution in [0.2, 0.25) is 0 Å². The van der Waals surface area contributed by atoms with E-state index in [-0.39, 0.29) is 127 Å². The van der Waals surface area contributed by atoms with Gasteiger partial charge in [0.05, 0.1) is 24.6 Å². The molecule has 0 fully saturated rings. The minimum absolute atomic E-state index is 0. The summed E-state index contributed by atoms with van der Waals surface area (Å²) in [7, 11) is 0. The largest absolute Gasteiger partial charge is 3.00 e. The maximum absolute atomic E-state index is 9.83.